The second kappa shape index (κ2) is 8.02. The monoisotopic (exact) mass is 370 g/mol. The van der Waals surface area contributed by atoms with Crippen molar-refractivity contribution in [3.8, 4) is 18.1 Å². The number of aromatic nitrogens is 1. The molecule has 0 bridgehead atoms. The lowest BCUT2D eigenvalue weighted by atomic mass is 10.3. The van der Waals surface area contributed by atoms with E-state index in [0.717, 1.165) is 16.0 Å². The highest BCUT2D eigenvalue weighted by Gasteiger charge is 2.10. The summed E-state index contributed by atoms with van der Waals surface area (Å²) in [5, 5.41) is 0.588. The third kappa shape index (κ3) is 4.11. The Morgan fingerprint density at radius 2 is 2.04 bits per heavy atom. The van der Waals surface area contributed by atoms with Gasteiger partial charge in [0.05, 0.1) is 34.8 Å². The molecule has 0 aliphatic carbocycles. The summed E-state index contributed by atoms with van der Waals surface area (Å²) in [5.74, 6) is 3.05. The molecule has 0 aliphatic rings. The molecule has 0 saturated heterocycles. The van der Waals surface area contributed by atoms with Crippen LogP contribution in [0.1, 0.15) is 6.42 Å². The second-order valence-electron chi connectivity index (χ2n) is 5.18. The predicted molar refractivity (Wildman–Crippen MR) is 101 cm³/mol. The highest BCUT2D eigenvalue weighted by atomic mass is 35.5. The van der Waals surface area contributed by atoms with Crippen LogP contribution in [-0.2, 0) is 11.3 Å². The Balaban J connectivity index is 1.80. The molecule has 1 aromatic heterocycles. The van der Waals surface area contributed by atoms with Crippen molar-refractivity contribution in [1.29, 1.82) is 0 Å². The van der Waals surface area contributed by atoms with Crippen LogP contribution >= 0.6 is 22.9 Å². The number of rotatable bonds is 5. The summed E-state index contributed by atoms with van der Waals surface area (Å²) in [6, 6.07) is 14.9. The van der Waals surface area contributed by atoms with Crippen LogP contribution < -0.4 is 9.54 Å². The van der Waals surface area contributed by atoms with Crippen LogP contribution in [0.4, 0.5) is 0 Å². The fourth-order valence-corrected chi connectivity index (χ4v) is 3.75. The Bertz CT molecular complexity index is 1000. The van der Waals surface area contributed by atoms with E-state index in [4.69, 9.17) is 22.8 Å². The molecule has 1 heterocycles. The molecule has 6 heteroatoms. The fraction of sp³-hybridized carbons (Fsp3) is 0.158. The molecule has 3 rings (SSSR count). The molecule has 1 amide bonds. The molecule has 25 heavy (non-hydrogen) atoms. The topological polar surface area (TPSA) is 43.6 Å². The number of amides is 1. The lowest BCUT2D eigenvalue weighted by Gasteiger charge is -2.03. The van der Waals surface area contributed by atoms with Crippen molar-refractivity contribution in [1.82, 2.24) is 4.57 Å². The largest absolute Gasteiger partial charge is 0.493 e. The molecule has 126 valence electrons. The average Bonchev–Trinajstić information content (AvgIpc) is 2.95. The van der Waals surface area contributed by atoms with E-state index in [2.05, 4.69) is 10.9 Å². The number of carbonyl (C=O) groups is 1. The number of ether oxygens (including phenoxy) is 1. The zero-order valence-corrected chi connectivity index (χ0v) is 14.9. The summed E-state index contributed by atoms with van der Waals surface area (Å²) in [4.78, 5) is 16.9. The van der Waals surface area contributed by atoms with Crippen LogP contribution in [0.2, 0.25) is 5.02 Å². The number of carbonyl (C=O) groups excluding carboxylic acids is 1. The Labute approximate surface area is 154 Å². The standard InChI is InChI=1S/C19H15ClN2O2S/c1-2-12-22-18-15(20)9-6-10-16(18)25-19(22)21-17(23)11-13-24-14-7-4-3-5-8-14/h1,3-10H,11-13H2. The maximum atomic E-state index is 12.2. The van der Waals surface area contributed by atoms with Gasteiger partial charge in [-0.3, -0.25) is 4.79 Å². The SMILES string of the molecule is C#CCn1c(=NC(=O)CCOc2ccccc2)sc2cccc(Cl)c21. The van der Waals surface area contributed by atoms with Gasteiger partial charge in [-0.05, 0) is 24.3 Å². The maximum absolute atomic E-state index is 12.2. The number of benzene rings is 2. The molecule has 4 nitrogen and oxygen atoms in total. The van der Waals surface area contributed by atoms with Crippen molar-refractivity contribution in [2.24, 2.45) is 4.99 Å². The summed E-state index contributed by atoms with van der Waals surface area (Å²) in [6.45, 7) is 0.573. The van der Waals surface area contributed by atoms with E-state index in [-0.39, 0.29) is 18.9 Å². The van der Waals surface area contributed by atoms with Gasteiger partial charge in [0.15, 0.2) is 4.80 Å². The van der Waals surface area contributed by atoms with Crippen LogP contribution in [0.25, 0.3) is 10.2 Å². The predicted octanol–water partition coefficient (Wildman–Crippen LogP) is 3.89. The van der Waals surface area contributed by atoms with Crippen molar-refractivity contribution in [2.75, 3.05) is 6.61 Å². The van der Waals surface area contributed by atoms with Crippen LogP contribution in [0, 0.1) is 12.3 Å². The lowest BCUT2D eigenvalue weighted by molar-refractivity contribution is -0.118. The van der Waals surface area contributed by atoms with Gasteiger partial charge in [-0.25, -0.2) is 0 Å². The number of para-hydroxylation sites is 2. The highest BCUT2D eigenvalue weighted by molar-refractivity contribution is 7.16. The Hall–Kier alpha value is -2.55. The first kappa shape index (κ1) is 17.3. The molecule has 0 radical (unpaired) electrons. The first-order chi connectivity index (χ1) is 12.2. The summed E-state index contributed by atoms with van der Waals surface area (Å²) in [6.07, 6.45) is 5.64. The van der Waals surface area contributed by atoms with Crippen molar-refractivity contribution in [2.45, 2.75) is 13.0 Å². The van der Waals surface area contributed by atoms with E-state index in [1.54, 1.807) is 10.6 Å². The van der Waals surface area contributed by atoms with Crippen molar-refractivity contribution in [3.05, 3.63) is 58.4 Å². The van der Waals surface area contributed by atoms with E-state index in [9.17, 15) is 4.79 Å². The first-order valence-corrected chi connectivity index (χ1v) is 8.85. The summed E-state index contributed by atoms with van der Waals surface area (Å²) < 4.78 is 8.26. The zero-order chi connectivity index (χ0) is 17.6. The minimum Gasteiger partial charge on any atom is -0.493 e. The fourth-order valence-electron chi connectivity index (χ4n) is 2.35. The van der Waals surface area contributed by atoms with Gasteiger partial charge in [0.25, 0.3) is 5.91 Å². The molecule has 0 N–H and O–H groups in total. The highest BCUT2D eigenvalue weighted by Crippen LogP contribution is 2.25. The van der Waals surface area contributed by atoms with Crippen molar-refractivity contribution < 1.29 is 9.53 Å². The average molecular weight is 371 g/mol. The van der Waals surface area contributed by atoms with Gasteiger partial charge in [0.2, 0.25) is 0 Å². The lowest BCUT2D eigenvalue weighted by Crippen LogP contribution is -2.17. The smallest absolute Gasteiger partial charge is 0.251 e. The molecule has 0 unspecified atom stereocenters. The van der Waals surface area contributed by atoms with Gasteiger partial charge in [-0.1, -0.05) is 53.1 Å². The summed E-state index contributed by atoms with van der Waals surface area (Å²) in [5.41, 5.74) is 0.805. The molecule has 0 aliphatic heterocycles. The molecular weight excluding hydrogens is 356 g/mol. The van der Waals surface area contributed by atoms with E-state index in [1.807, 2.05) is 42.5 Å². The van der Waals surface area contributed by atoms with Crippen molar-refractivity contribution >= 4 is 39.1 Å². The number of terminal acetylenes is 1. The van der Waals surface area contributed by atoms with E-state index < -0.39 is 0 Å². The van der Waals surface area contributed by atoms with Gasteiger partial charge < -0.3 is 9.30 Å². The molecule has 3 aromatic rings. The number of fused-ring (bicyclic) bond motifs is 1. The van der Waals surface area contributed by atoms with E-state index >= 15 is 0 Å². The third-order valence-corrected chi connectivity index (χ3v) is 4.80. The number of halogens is 1. The van der Waals surface area contributed by atoms with Gasteiger partial charge >= 0.3 is 0 Å². The first-order valence-electron chi connectivity index (χ1n) is 7.66. The molecule has 2 aromatic carbocycles. The normalized spacial score (nSPS) is 11.4. The zero-order valence-electron chi connectivity index (χ0n) is 13.3. The molecular formula is C19H15ClN2O2S. The molecule has 0 spiro atoms. The minimum absolute atomic E-state index is 0.187. The molecule has 0 atom stereocenters. The Morgan fingerprint density at radius 1 is 1.24 bits per heavy atom. The molecule has 0 fully saturated rings. The quantitative estimate of drug-likeness (QED) is 0.639. The second-order valence-corrected chi connectivity index (χ2v) is 6.59. The number of hydrogen-bond acceptors (Lipinski definition) is 3. The van der Waals surface area contributed by atoms with Gasteiger partial charge in [-0.15, -0.1) is 6.42 Å². The number of thiazole rings is 1. The maximum Gasteiger partial charge on any atom is 0.251 e. The third-order valence-electron chi connectivity index (χ3n) is 3.45. The van der Waals surface area contributed by atoms with Crippen LogP contribution in [0.15, 0.2) is 53.5 Å². The summed E-state index contributed by atoms with van der Waals surface area (Å²) >= 11 is 7.66. The van der Waals surface area contributed by atoms with Crippen LogP contribution in [-0.4, -0.2) is 17.1 Å². The molecule has 0 saturated carbocycles. The number of hydrogen-bond donors (Lipinski definition) is 0. The van der Waals surface area contributed by atoms with E-state index in [0.29, 0.717) is 16.4 Å². The summed E-state index contributed by atoms with van der Waals surface area (Å²) in [7, 11) is 0. The van der Waals surface area contributed by atoms with Gasteiger partial charge in [-0.2, -0.15) is 4.99 Å². The minimum atomic E-state index is -0.260. The van der Waals surface area contributed by atoms with E-state index in [1.165, 1.54) is 11.3 Å². The van der Waals surface area contributed by atoms with Crippen LogP contribution in [0.3, 0.4) is 0 Å². The van der Waals surface area contributed by atoms with Gasteiger partial charge in [0.1, 0.15) is 5.75 Å². The number of nitrogens with zero attached hydrogens (tertiary/aromatic N) is 2. The van der Waals surface area contributed by atoms with Gasteiger partial charge in [0, 0.05) is 0 Å². The Morgan fingerprint density at radius 3 is 2.80 bits per heavy atom. The Kier molecular flexibility index (Phi) is 5.54. The van der Waals surface area contributed by atoms with Crippen molar-refractivity contribution in [3.63, 3.8) is 0 Å². The van der Waals surface area contributed by atoms with Crippen LogP contribution in [0.5, 0.6) is 5.75 Å².